The molecule has 1 atom stereocenters. The molecule has 0 fully saturated rings. The van der Waals surface area contributed by atoms with Crippen molar-refractivity contribution in [3.8, 4) is 0 Å². The molecule has 0 aromatic carbocycles. The summed E-state index contributed by atoms with van der Waals surface area (Å²) >= 11 is 0. The molecule has 0 saturated carbocycles. The van der Waals surface area contributed by atoms with E-state index in [1.165, 1.54) is 0 Å². The number of hydrogen-bond acceptors (Lipinski definition) is 2. The number of carboxylic acids is 1. The third-order valence-electron chi connectivity index (χ3n) is 0.781. The van der Waals surface area contributed by atoms with Gasteiger partial charge in [0.25, 0.3) is 0 Å². The Kier molecular flexibility index (Phi) is 2.84. The van der Waals surface area contributed by atoms with E-state index in [1.54, 1.807) is 6.92 Å². The third kappa shape index (κ3) is 3.33. The predicted octanol–water partition coefficient (Wildman–Crippen LogP) is 0.747. The first kappa shape index (κ1) is 7.14. The van der Waals surface area contributed by atoms with Gasteiger partial charge in [0.2, 0.25) is 0 Å². The molecule has 46 valence electrons. The average molecular weight is 115 g/mol. The highest BCUT2D eigenvalue weighted by Gasteiger charge is 2.01. The second kappa shape index (κ2) is 3.18. The van der Waals surface area contributed by atoms with Crippen LogP contribution in [0.1, 0.15) is 13.3 Å². The van der Waals surface area contributed by atoms with Crippen molar-refractivity contribution < 1.29 is 9.90 Å². The van der Waals surface area contributed by atoms with Crippen molar-refractivity contribution in [1.29, 1.82) is 5.41 Å². The van der Waals surface area contributed by atoms with Gasteiger partial charge >= 0.3 is 5.97 Å². The first-order chi connectivity index (χ1) is 3.66. The summed E-state index contributed by atoms with van der Waals surface area (Å²) in [4.78, 5) is 9.87. The molecular formula is C5H9NO2. The summed E-state index contributed by atoms with van der Waals surface area (Å²) in [5.41, 5.74) is 0. The maximum Gasteiger partial charge on any atom is 0.303 e. The van der Waals surface area contributed by atoms with E-state index < -0.39 is 5.97 Å². The Bertz CT molecular complexity index is 101. The summed E-state index contributed by atoms with van der Waals surface area (Å²) in [6.07, 6.45) is 1.19. The Labute approximate surface area is 47.8 Å². The lowest BCUT2D eigenvalue weighted by Gasteiger charge is -1.95. The Morgan fingerprint density at radius 1 is 2.00 bits per heavy atom. The van der Waals surface area contributed by atoms with Crippen LogP contribution in [0.4, 0.5) is 0 Å². The highest BCUT2D eigenvalue weighted by atomic mass is 16.4. The number of nitrogens with one attached hydrogen (secondary N) is 1. The molecule has 0 rings (SSSR count). The van der Waals surface area contributed by atoms with Crippen LogP contribution in [0, 0.1) is 11.3 Å². The fourth-order valence-electron chi connectivity index (χ4n) is 0.334. The minimum atomic E-state index is -0.846. The first-order valence-corrected chi connectivity index (χ1v) is 2.39. The molecule has 0 amide bonds. The number of hydrogen-bond donors (Lipinski definition) is 2. The zero-order chi connectivity index (χ0) is 6.57. The van der Waals surface area contributed by atoms with E-state index in [-0.39, 0.29) is 12.3 Å². The second-order valence-electron chi connectivity index (χ2n) is 1.74. The topological polar surface area (TPSA) is 61.2 Å². The minimum Gasteiger partial charge on any atom is -0.481 e. The van der Waals surface area contributed by atoms with Gasteiger partial charge in [-0.1, -0.05) is 6.92 Å². The Morgan fingerprint density at radius 2 is 2.50 bits per heavy atom. The van der Waals surface area contributed by atoms with Gasteiger partial charge in [-0.05, 0) is 6.21 Å². The van der Waals surface area contributed by atoms with E-state index in [9.17, 15) is 4.79 Å². The van der Waals surface area contributed by atoms with Gasteiger partial charge in [-0.2, -0.15) is 0 Å². The largest absolute Gasteiger partial charge is 0.481 e. The van der Waals surface area contributed by atoms with Crippen LogP contribution in [0.2, 0.25) is 0 Å². The Balaban J connectivity index is 3.38. The summed E-state index contributed by atoms with van der Waals surface area (Å²) in [5, 5.41) is 14.7. The molecule has 0 saturated heterocycles. The fraction of sp³-hybridized carbons (Fsp3) is 0.600. The zero-order valence-corrected chi connectivity index (χ0v) is 4.72. The number of aliphatic carboxylic acids is 1. The molecule has 0 aliphatic rings. The molecular weight excluding hydrogens is 106 g/mol. The van der Waals surface area contributed by atoms with Gasteiger partial charge in [0, 0.05) is 5.92 Å². The molecule has 0 aromatic rings. The summed E-state index contributed by atoms with van der Waals surface area (Å²) < 4.78 is 0. The molecule has 3 nitrogen and oxygen atoms in total. The average Bonchev–Trinajstić information content (AvgIpc) is 1.65. The van der Waals surface area contributed by atoms with Crippen LogP contribution in [-0.2, 0) is 4.79 Å². The van der Waals surface area contributed by atoms with Crippen LogP contribution in [0.25, 0.3) is 0 Å². The van der Waals surface area contributed by atoms with E-state index in [0.29, 0.717) is 0 Å². The molecule has 2 N–H and O–H groups in total. The lowest BCUT2D eigenvalue weighted by atomic mass is 10.1. The van der Waals surface area contributed by atoms with Gasteiger partial charge in [-0.25, -0.2) is 0 Å². The van der Waals surface area contributed by atoms with Crippen molar-refractivity contribution >= 4 is 12.2 Å². The molecule has 0 heterocycles. The highest BCUT2D eigenvalue weighted by Crippen LogP contribution is 1.94. The highest BCUT2D eigenvalue weighted by molar-refractivity contribution is 5.72. The fourth-order valence-corrected chi connectivity index (χ4v) is 0.334. The lowest BCUT2D eigenvalue weighted by molar-refractivity contribution is -0.137. The first-order valence-electron chi connectivity index (χ1n) is 2.39. The van der Waals surface area contributed by atoms with Crippen molar-refractivity contribution in [2.24, 2.45) is 5.92 Å². The van der Waals surface area contributed by atoms with Crippen molar-refractivity contribution in [3.05, 3.63) is 0 Å². The van der Waals surface area contributed by atoms with Crippen LogP contribution in [-0.4, -0.2) is 17.3 Å². The van der Waals surface area contributed by atoms with Crippen LogP contribution in [0.15, 0.2) is 0 Å². The van der Waals surface area contributed by atoms with Crippen LogP contribution in [0.3, 0.4) is 0 Å². The van der Waals surface area contributed by atoms with Crippen LogP contribution < -0.4 is 0 Å². The number of carboxylic acid groups (broad SMARTS) is 1. The van der Waals surface area contributed by atoms with Crippen molar-refractivity contribution in [2.75, 3.05) is 0 Å². The van der Waals surface area contributed by atoms with E-state index >= 15 is 0 Å². The van der Waals surface area contributed by atoms with E-state index in [0.717, 1.165) is 6.21 Å². The van der Waals surface area contributed by atoms with Crippen LogP contribution in [0.5, 0.6) is 0 Å². The summed E-state index contributed by atoms with van der Waals surface area (Å²) in [7, 11) is 0. The van der Waals surface area contributed by atoms with Gasteiger partial charge in [0.1, 0.15) is 0 Å². The number of rotatable bonds is 3. The Hall–Kier alpha value is -0.860. The molecule has 0 aliphatic heterocycles. The maximum atomic E-state index is 9.87. The maximum absolute atomic E-state index is 9.87. The smallest absolute Gasteiger partial charge is 0.303 e. The van der Waals surface area contributed by atoms with E-state index in [1.807, 2.05) is 0 Å². The van der Waals surface area contributed by atoms with Gasteiger partial charge in [0.15, 0.2) is 0 Å². The van der Waals surface area contributed by atoms with Crippen molar-refractivity contribution in [1.82, 2.24) is 0 Å². The van der Waals surface area contributed by atoms with Crippen LogP contribution >= 0.6 is 0 Å². The quantitative estimate of drug-likeness (QED) is 0.533. The summed E-state index contributed by atoms with van der Waals surface area (Å²) in [6, 6.07) is 0. The normalized spacial score (nSPS) is 12.6. The molecule has 1 unspecified atom stereocenters. The molecule has 0 spiro atoms. The SMILES string of the molecule is CC(C=N)CC(=O)O. The van der Waals surface area contributed by atoms with E-state index in [4.69, 9.17) is 10.5 Å². The predicted molar refractivity (Wildman–Crippen MR) is 30.2 cm³/mol. The summed E-state index contributed by atoms with van der Waals surface area (Å²) in [5.74, 6) is -0.978. The zero-order valence-electron chi connectivity index (χ0n) is 4.72. The Morgan fingerprint density at radius 3 is 2.62 bits per heavy atom. The van der Waals surface area contributed by atoms with Crippen molar-refractivity contribution in [3.63, 3.8) is 0 Å². The lowest BCUT2D eigenvalue weighted by Crippen LogP contribution is -2.03. The van der Waals surface area contributed by atoms with Gasteiger partial charge in [0.05, 0.1) is 6.42 Å². The molecule has 8 heavy (non-hydrogen) atoms. The third-order valence-corrected chi connectivity index (χ3v) is 0.781. The van der Waals surface area contributed by atoms with Gasteiger partial charge < -0.3 is 10.5 Å². The minimum absolute atomic E-state index is 0.0590. The summed E-state index contributed by atoms with van der Waals surface area (Å²) in [6.45, 7) is 1.70. The molecule has 3 heteroatoms. The second-order valence-corrected chi connectivity index (χ2v) is 1.74. The molecule has 0 aliphatic carbocycles. The van der Waals surface area contributed by atoms with Gasteiger partial charge in [-0.3, -0.25) is 4.79 Å². The monoisotopic (exact) mass is 115 g/mol. The molecule has 0 bridgehead atoms. The molecule has 0 radical (unpaired) electrons. The van der Waals surface area contributed by atoms with Crippen molar-refractivity contribution in [2.45, 2.75) is 13.3 Å². The van der Waals surface area contributed by atoms with Gasteiger partial charge in [-0.15, -0.1) is 0 Å². The molecule has 0 aromatic heterocycles. The van der Waals surface area contributed by atoms with E-state index in [2.05, 4.69) is 0 Å². The number of carbonyl (C=O) groups is 1. The standard InChI is InChI=1S/C5H9NO2/c1-4(3-6)2-5(7)8/h3-4,6H,2H2,1H3,(H,7,8).